The molecule has 0 bridgehead atoms. The van der Waals surface area contributed by atoms with E-state index in [2.05, 4.69) is 15.6 Å². The minimum absolute atomic E-state index is 0. The molecule has 1 aliphatic rings. The van der Waals surface area contributed by atoms with Crippen LogP contribution in [-0.2, 0) is 11.2 Å². The summed E-state index contributed by atoms with van der Waals surface area (Å²) in [6, 6.07) is 3.85. The van der Waals surface area contributed by atoms with Crippen LogP contribution in [-0.4, -0.2) is 72.3 Å². The van der Waals surface area contributed by atoms with Crippen molar-refractivity contribution in [3.05, 3.63) is 17.7 Å². The van der Waals surface area contributed by atoms with Crippen LogP contribution in [0.15, 0.2) is 17.1 Å². The largest absolute Gasteiger partial charge is 0.493 e. The summed E-state index contributed by atoms with van der Waals surface area (Å²) in [5.74, 6) is 2.77. The Morgan fingerprint density at radius 1 is 1.06 bits per heavy atom. The van der Waals surface area contributed by atoms with Crippen molar-refractivity contribution in [2.75, 3.05) is 55.6 Å². The molecule has 31 heavy (non-hydrogen) atoms. The maximum Gasteiger partial charge on any atom is 0.230 e. The number of benzene rings is 1. The van der Waals surface area contributed by atoms with Gasteiger partial charge in [-0.3, -0.25) is 9.79 Å². The lowest BCUT2D eigenvalue weighted by molar-refractivity contribution is -0.138. The SMILES string of the molecule is CN=C(NCCc1ccc(OC)c(OC)c1OC)NCC1(C(=O)N(C)C)CCCC1.I. The first kappa shape index (κ1) is 27.1. The molecule has 2 rings (SSSR count). The molecule has 8 nitrogen and oxygen atoms in total. The third-order valence-electron chi connectivity index (χ3n) is 5.71. The number of guanidine groups is 1. The summed E-state index contributed by atoms with van der Waals surface area (Å²) in [7, 11) is 10.2. The topological polar surface area (TPSA) is 84.4 Å². The van der Waals surface area contributed by atoms with Gasteiger partial charge in [0.2, 0.25) is 11.7 Å². The molecule has 0 heterocycles. The monoisotopic (exact) mass is 548 g/mol. The van der Waals surface area contributed by atoms with Gasteiger partial charge in [0.05, 0.1) is 26.7 Å². The molecule has 0 radical (unpaired) electrons. The first-order valence-electron chi connectivity index (χ1n) is 10.4. The van der Waals surface area contributed by atoms with Gasteiger partial charge in [0, 0.05) is 39.8 Å². The number of hydrogen-bond donors (Lipinski definition) is 2. The van der Waals surface area contributed by atoms with Crippen molar-refractivity contribution in [2.24, 2.45) is 10.4 Å². The van der Waals surface area contributed by atoms with E-state index in [1.807, 2.05) is 26.2 Å². The molecule has 1 aromatic rings. The normalized spacial score (nSPS) is 15.0. The molecule has 1 amide bonds. The number of nitrogens with zero attached hydrogens (tertiary/aromatic N) is 2. The molecular weight excluding hydrogens is 511 g/mol. The lowest BCUT2D eigenvalue weighted by atomic mass is 9.84. The van der Waals surface area contributed by atoms with Gasteiger partial charge in [-0.05, 0) is 25.3 Å². The first-order chi connectivity index (χ1) is 14.4. The highest BCUT2D eigenvalue weighted by Gasteiger charge is 2.42. The van der Waals surface area contributed by atoms with Crippen molar-refractivity contribution in [2.45, 2.75) is 32.1 Å². The van der Waals surface area contributed by atoms with Crippen LogP contribution in [0.2, 0.25) is 0 Å². The minimum atomic E-state index is -0.340. The van der Waals surface area contributed by atoms with Crippen molar-refractivity contribution >= 4 is 35.8 Å². The summed E-state index contributed by atoms with van der Waals surface area (Å²) in [4.78, 5) is 18.8. The van der Waals surface area contributed by atoms with Crippen molar-refractivity contribution < 1.29 is 19.0 Å². The number of carbonyl (C=O) groups excluding carboxylic acids is 1. The molecule has 0 saturated heterocycles. The quantitative estimate of drug-likeness (QED) is 0.281. The fraction of sp³-hybridized carbons (Fsp3) is 0.636. The van der Waals surface area contributed by atoms with Crippen LogP contribution >= 0.6 is 24.0 Å². The molecule has 2 N–H and O–H groups in total. The van der Waals surface area contributed by atoms with Gasteiger partial charge in [-0.15, -0.1) is 24.0 Å². The molecule has 1 fully saturated rings. The van der Waals surface area contributed by atoms with E-state index in [0.29, 0.717) is 42.7 Å². The predicted octanol–water partition coefficient (Wildman–Crippen LogP) is 2.69. The van der Waals surface area contributed by atoms with Crippen molar-refractivity contribution in [3.8, 4) is 17.2 Å². The van der Waals surface area contributed by atoms with Crippen LogP contribution in [0, 0.1) is 5.41 Å². The van der Waals surface area contributed by atoms with Crippen molar-refractivity contribution in [3.63, 3.8) is 0 Å². The Balaban J connectivity index is 0.00000480. The Morgan fingerprint density at radius 3 is 2.23 bits per heavy atom. The van der Waals surface area contributed by atoms with Gasteiger partial charge in [0.15, 0.2) is 17.5 Å². The summed E-state index contributed by atoms with van der Waals surface area (Å²) >= 11 is 0. The van der Waals surface area contributed by atoms with Crippen LogP contribution < -0.4 is 24.8 Å². The molecule has 0 unspecified atom stereocenters. The van der Waals surface area contributed by atoms with Gasteiger partial charge >= 0.3 is 0 Å². The molecule has 1 aliphatic carbocycles. The standard InChI is InChI=1S/C22H36N4O4.HI/c1-23-21(25-15-22(12-7-8-13-22)20(27)26(2)3)24-14-11-16-9-10-17(28-4)19(30-6)18(16)29-5;/h9-10H,7-8,11-15H2,1-6H3,(H2,23,24,25);1H. The number of carbonyl (C=O) groups is 1. The smallest absolute Gasteiger partial charge is 0.230 e. The number of halogens is 1. The van der Waals surface area contributed by atoms with E-state index in [9.17, 15) is 4.79 Å². The van der Waals surface area contributed by atoms with Crippen LogP contribution in [0.25, 0.3) is 0 Å². The van der Waals surface area contributed by atoms with Crippen LogP contribution in [0.4, 0.5) is 0 Å². The zero-order valence-electron chi connectivity index (χ0n) is 19.5. The summed E-state index contributed by atoms with van der Waals surface area (Å²) < 4.78 is 16.3. The number of rotatable bonds is 9. The van der Waals surface area contributed by atoms with Gasteiger partial charge in [-0.25, -0.2) is 0 Å². The van der Waals surface area contributed by atoms with E-state index < -0.39 is 0 Å². The van der Waals surface area contributed by atoms with E-state index in [1.165, 1.54) is 0 Å². The van der Waals surface area contributed by atoms with Gasteiger partial charge < -0.3 is 29.7 Å². The van der Waals surface area contributed by atoms with E-state index >= 15 is 0 Å². The lowest BCUT2D eigenvalue weighted by Gasteiger charge is -2.31. The van der Waals surface area contributed by atoms with Gasteiger partial charge in [-0.2, -0.15) is 0 Å². The first-order valence-corrected chi connectivity index (χ1v) is 10.4. The molecule has 0 aliphatic heterocycles. The van der Waals surface area contributed by atoms with E-state index in [0.717, 1.165) is 31.2 Å². The Morgan fingerprint density at radius 2 is 1.71 bits per heavy atom. The van der Waals surface area contributed by atoms with Crippen LogP contribution in [0.5, 0.6) is 17.2 Å². The Kier molecular flexibility index (Phi) is 11.2. The maximum atomic E-state index is 12.7. The van der Waals surface area contributed by atoms with E-state index in [-0.39, 0.29) is 35.3 Å². The highest BCUT2D eigenvalue weighted by Crippen LogP contribution is 2.40. The van der Waals surface area contributed by atoms with Gasteiger partial charge in [0.25, 0.3) is 0 Å². The summed E-state index contributed by atoms with van der Waals surface area (Å²) in [6.07, 6.45) is 4.72. The van der Waals surface area contributed by atoms with Gasteiger partial charge in [0.1, 0.15) is 0 Å². The molecule has 1 saturated carbocycles. The van der Waals surface area contributed by atoms with E-state index in [4.69, 9.17) is 14.2 Å². The second-order valence-corrected chi connectivity index (χ2v) is 7.78. The van der Waals surface area contributed by atoms with E-state index in [1.54, 1.807) is 33.3 Å². The molecule has 0 atom stereocenters. The van der Waals surface area contributed by atoms with Gasteiger partial charge in [-0.1, -0.05) is 18.9 Å². The predicted molar refractivity (Wildman–Crippen MR) is 134 cm³/mol. The lowest BCUT2D eigenvalue weighted by Crippen LogP contribution is -2.49. The third kappa shape index (κ3) is 6.54. The number of methoxy groups -OCH3 is 3. The Labute approximate surface area is 203 Å². The molecule has 9 heteroatoms. The summed E-state index contributed by atoms with van der Waals surface area (Å²) in [5, 5.41) is 6.69. The number of amides is 1. The second kappa shape index (κ2) is 12.8. The molecule has 176 valence electrons. The highest BCUT2D eigenvalue weighted by atomic mass is 127. The van der Waals surface area contributed by atoms with Crippen LogP contribution in [0.1, 0.15) is 31.2 Å². The number of aliphatic imine (C=N–C) groups is 1. The van der Waals surface area contributed by atoms with Crippen molar-refractivity contribution in [1.29, 1.82) is 0 Å². The Hall–Kier alpha value is -1.91. The van der Waals surface area contributed by atoms with Crippen LogP contribution in [0.3, 0.4) is 0 Å². The summed E-state index contributed by atoms with van der Waals surface area (Å²) in [6.45, 7) is 1.24. The van der Waals surface area contributed by atoms with Crippen molar-refractivity contribution in [1.82, 2.24) is 15.5 Å². The third-order valence-corrected chi connectivity index (χ3v) is 5.71. The summed E-state index contributed by atoms with van der Waals surface area (Å²) in [5.41, 5.74) is 0.668. The second-order valence-electron chi connectivity index (χ2n) is 7.78. The number of ether oxygens (including phenoxy) is 3. The molecular formula is C22H37IN4O4. The minimum Gasteiger partial charge on any atom is -0.493 e. The molecule has 0 spiro atoms. The zero-order valence-corrected chi connectivity index (χ0v) is 21.9. The zero-order chi connectivity index (χ0) is 22.1. The fourth-order valence-corrected chi connectivity index (χ4v) is 4.14. The fourth-order valence-electron chi connectivity index (χ4n) is 4.14. The highest BCUT2D eigenvalue weighted by molar-refractivity contribution is 14.0. The molecule has 0 aromatic heterocycles. The molecule has 1 aromatic carbocycles. The average molecular weight is 548 g/mol. The number of hydrogen-bond acceptors (Lipinski definition) is 5. The maximum absolute atomic E-state index is 12.7. The average Bonchev–Trinajstić information content (AvgIpc) is 3.24. The number of nitrogens with one attached hydrogen (secondary N) is 2. The Bertz CT molecular complexity index is 749.